The van der Waals surface area contributed by atoms with Crippen molar-refractivity contribution in [2.75, 3.05) is 44.8 Å². The highest BCUT2D eigenvalue weighted by Gasteiger charge is 2.25. The number of anilines is 1. The average Bonchev–Trinajstić information content (AvgIpc) is 2.78. The van der Waals surface area contributed by atoms with Gasteiger partial charge < -0.3 is 24.0 Å². The molecule has 3 rings (SSSR count). The molecule has 1 saturated heterocycles. The first-order valence-corrected chi connectivity index (χ1v) is 9.72. The lowest BCUT2D eigenvalue weighted by Gasteiger charge is -2.36. The van der Waals surface area contributed by atoms with Crippen LogP contribution < -0.4 is 14.4 Å². The van der Waals surface area contributed by atoms with E-state index in [2.05, 4.69) is 4.90 Å². The topological polar surface area (TPSA) is 68.3 Å². The summed E-state index contributed by atoms with van der Waals surface area (Å²) in [6.45, 7) is 3.53. The van der Waals surface area contributed by atoms with Crippen LogP contribution in [0.4, 0.5) is 10.1 Å². The number of para-hydroxylation sites is 2. The Kier molecular flexibility index (Phi) is 7.11. The van der Waals surface area contributed by atoms with Crippen molar-refractivity contribution in [2.45, 2.75) is 13.0 Å². The van der Waals surface area contributed by atoms with Crippen LogP contribution >= 0.6 is 0 Å². The number of esters is 1. The van der Waals surface area contributed by atoms with Crippen molar-refractivity contribution in [3.8, 4) is 11.5 Å². The van der Waals surface area contributed by atoms with Gasteiger partial charge >= 0.3 is 5.97 Å². The Morgan fingerprint density at radius 1 is 1.03 bits per heavy atom. The summed E-state index contributed by atoms with van der Waals surface area (Å²) in [7, 11) is 1.63. The van der Waals surface area contributed by atoms with Gasteiger partial charge in [-0.05, 0) is 43.3 Å². The highest BCUT2D eigenvalue weighted by atomic mass is 19.1. The van der Waals surface area contributed by atoms with E-state index >= 15 is 0 Å². The first-order chi connectivity index (χ1) is 14.5. The molecule has 0 spiro atoms. The number of hydrogen-bond donors (Lipinski definition) is 0. The normalized spacial score (nSPS) is 14.8. The summed E-state index contributed by atoms with van der Waals surface area (Å²) in [5.41, 5.74) is 0.991. The SMILES string of the molecule is COc1ccccc1N1CCN(C(=O)COC(=O)[C@H](C)Oc2ccc(F)cc2)CC1. The number of methoxy groups -OCH3 is 1. The Balaban J connectivity index is 1.44. The van der Waals surface area contributed by atoms with Crippen molar-refractivity contribution in [1.82, 2.24) is 4.90 Å². The van der Waals surface area contributed by atoms with Gasteiger partial charge in [0.15, 0.2) is 12.7 Å². The van der Waals surface area contributed by atoms with Crippen molar-refractivity contribution >= 4 is 17.6 Å². The first-order valence-electron chi connectivity index (χ1n) is 9.72. The number of nitrogens with zero attached hydrogens (tertiary/aromatic N) is 2. The second kappa shape index (κ2) is 9.96. The van der Waals surface area contributed by atoms with Crippen LogP contribution in [0.2, 0.25) is 0 Å². The molecular formula is C22H25FN2O5. The third-order valence-corrected chi connectivity index (χ3v) is 4.85. The predicted molar refractivity (Wildman–Crippen MR) is 109 cm³/mol. The molecule has 1 aliphatic rings. The van der Waals surface area contributed by atoms with Crippen molar-refractivity contribution in [3.63, 3.8) is 0 Å². The molecule has 1 aliphatic heterocycles. The van der Waals surface area contributed by atoms with Crippen LogP contribution in [-0.2, 0) is 14.3 Å². The minimum Gasteiger partial charge on any atom is -0.495 e. The molecule has 0 radical (unpaired) electrons. The molecule has 0 N–H and O–H groups in total. The van der Waals surface area contributed by atoms with Crippen LogP contribution in [0, 0.1) is 5.82 Å². The Morgan fingerprint density at radius 2 is 1.70 bits per heavy atom. The van der Waals surface area contributed by atoms with Gasteiger partial charge in [-0.15, -0.1) is 0 Å². The maximum absolute atomic E-state index is 12.9. The van der Waals surface area contributed by atoms with Gasteiger partial charge in [-0.2, -0.15) is 0 Å². The fourth-order valence-corrected chi connectivity index (χ4v) is 3.19. The number of amides is 1. The van der Waals surface area contributed by atoms with Gasteiger partial charge in [0.1, 0.15) is 17.3 Å². The van der Waals surface area contributed by atoms with Crippen LogP contribution in [0.5, 0.6) is 11.5 Å². The highest BCUT2D eigenvalue weighted by Crippen LogP contribution is 2.28. The molecule has 30 heavy (non-hydrogen) atoms. The summed E-state index contributed by atoms with van der Waals surface area (Å²) in [5.74, 6) is -0.160. The molecule has 2 aromatic rings. The largest absolute Gasteiger partial charge is 0.495 e. The molecule has 0 aliphatic carbocycles. The van der Waals surface area contributed by atoms with Crippen molar-refractivity contribution < 1.29 is 28.2 Å². The Morgan fingerprint density at radius 3 is 2.37 bits per heavy atom. The first kappa shape index (κ1) is 21.4. The minimum absolute atomic E-state index is 0.253. The molecule has 1 atom stereocenters. The van der Waals surface area contributed by atoms with Crippen LogP contribution in [-0.4, -0.2) is 62.8 Å². The minimum atomic E-state index is -0.911. The summed E-state index contributed by atoms with van der Waals surface area (Å²) in [4.78, 5) is 28.3. The second-order valence-corrected chi connectivity index (χ2v) is 6.86. The maximum Gasteiger partial charge on any atom is 0.347 e. The number of benzene rings is 2. The van der Waals surface area contributed by atoms with Crippen LogP contribution in [0.15, 0.2) is 48.5 Å². The van der Waals surface area contributed by atoms with E-state index < -0.39 is 17.9 Å². The number of carbonyl (C=O) groups is 2. The van der Waals surface area contributed by atoms with Crippen molar-refractivity contribution in [2.24, 2.45) is 0 Å². The Hall–Kier alpha value is -3.29. The van der Waals surface area contributed by atoms with E-state index in [-0.39, 0.29) is 12.5 Å². The second-order valence-electron chi connectivity index (χ2n) is 6.86. The molecule has 8 heteroatoms. The number of halogens is 1. The molecular weight excluding hydrogens is 391 g/mol. The molecule has 0 bridgehead atoms. The molecule has 1 heterocycles. The lowest BCUT2D eigenvalue weighted by atomic mass is 10.2. The molecule has 1 amide bonds. The maximum atomic E-state index is 12.9. The summed E-state index contributed by atoms with van der Waals surface area (Å²) < 4.78 is 28.8. The lowest BCUT2D eigenvalue weighted by molar-refractivity contribution is -0.157. The van der Waals surface area contributed by atoms with Gasteiger partial charge in [0.05, 0.1) is 12.8 Å². The molecule has 0 unspecified atom stereocenters. The lowest BCUT2D eigenvalue weighted by Crippen LogP contribution is -2.50. The molecule has 2 aromatic carbocycles. The molecule has 160 valence electrons. The zero-order chi connectivity index (χ0) is 21.5. The standard InChI is InChI=1S/C22H25FN2O5/c1-16(30-18-9-7-17(23)8-10-18)22(27)29-15-21(26)25-13-11-24(12-14-25)19-5-3-4-6-20(19)28-2/h3-10,16H,11-15H2,1-2H3/t16-/m0/s1. The summed E-state index contributed by atoms with van der Waals surface area (Å²) in [6, 6.07) is 13.1. The fraction of sp³-hybridized carbons (Fsp3) is 0.364. The van der Waals surface area contributed by atoms with Crippen LogP contribution in [0.25, 0.3) is 0 Å². The zero-order valence-corrected chi connectivity index (χ0v) is 17.0. The van der Waals surface area contributed by atoms with Gasteiger partial charge in [-0.25, -0.2) is 9.18 Å². The third-order valence-electron chi connectivity index (χ3n) is 4.85. The fourth-order valence-electron chi connectivity index (χ4n) is 3.19. The smallest absolute Gasteiger partial charge is 0.347 e. The van der Waals surface area contributed by atoms with E-state index in [1.807, 2.05) is 24.3 Å². The van der Waals surface area contributed by atoms with Gasteiger partial charge in [0, 0.05) is 26.2 Å². The van der Waals surface area contributed by atoms with Crippen LogP contribution in [0.1, 0.15) is 6.92 Å². The molecule has 0 aromatic heterocycles. The molecule has 0 saturated carbocycles. The number of hydrogen-bond acceptors (Lipinski definition) is 6. The number of rotatable bonds is 7. The summed E-state index contributed by atoms with van der Waals surface area (Å²) >= 11 is 0. The van der Waals surface area contributed by atoms with Crippen molar-refractivity contribution in [1.29, 1.82) is 0 Å². The van der Waals surface area contributed by atoms with E-state index in [0.29, 0.717) is 31.9 Å². The number of piperazine rings is 1. The van der Waals surface area contributed by atoms with Gasteiger partial charge in [-0.3, -0.25) is 4.79 Å². The van der Waals surface area contributed by atoms with E-state index in [1.165, 1.54) is 31.2 Å². The van der Waals surface area contributed by atoms with Crippen molar-refractivity contribution in [3.05, 3.63) is 54.3 Å². The van der Waals surface area contributed by atoms with Gasteiger partial charge in [0.2, 0.25) is 0 Å². The van der Waals surface area contributed by atoms with Crippen LogP contribution in [0.3, 0.4) is 0 Å². The molecule has 7 nitrogen and oxygen atoms in total. The highest BCUT2D eigenvalue weighted by molar-refractivity contribution is 5.82. The predicted octanol–water partition coefficient (Wildman–Crippen LogP) is 2.49. The van der Waals surface area contributed by atoms with Gasteiger partial charge in [-0.1, -0.05) is 12.1 Å². The Labute approximate surface area is 174 Å². The Bertz CT molecular complexity index is 866. The number of ether oxygens (including phenoxy) is 3. The monoisotopic (exact) mass is 416 g/mol. The average molecular weight is 416 g/mol. The summed E-state index contributed by atoms with van der Waals surface area (Å²) in [5, 5.41) is 0. The van der Waals surface area contributed by atoms with E-state index in [4.69, 9.17) is 14.2 Å². The summed E-state index contributed by atoms with van der Waals surface area (Å²) in [6.07, 6.45) is -0.911. The van der Waals surface area contributed by atoms with E-state index in [1.54, 1.807) is 12.0 Å². The third kappa shape index (κ3) is 5.40. The van der Waals surface area contributed by atoms with E-state index in [0.717, 1.165) is 11.4 Å². The van der Waals surface area contributed by atoms with E-state index in [9.17, 15) is 14.0 Å². The molecule has 1 fully saturated rings. The quantitative estimate of drug-likeness (QED) is 0.646. The zero-order valence-electron chi connectivity index (χ0n) is 17.0. The van der Waals surface area contributed by atoms with Gasteiger partial charge in [0.25, 0.3) is 5.91 Å². The number of carbonyl (C=O) groups excluding carboxylic acids is 2.